The molecule has 1 fully saturated rings. The third-order valence-corrected chi connectivity index (χ3v) is 3.71. The van der Waals surface area contributed by atoms with E-state index in [1.165, 1.54) is 18.4 Å². The monoisotopic (exact) mass is 260 g/mol. The van der Waals surface area contributed by atoms with Gasteiger partial charge >= 0.3 is 0 Å². The number of hydrogen-bond acceptors (Lipinski definition) is 2. The number of piperidine rings is 1. The maximum absolute atomic E-state index is 11.9. The average Bonchev–Trinajstić information content (AvgIpc) is 2.40. The molecule has 2 N–H and O–H groups in total. The highest BCUT2D eigenvalue weighted by Crippen LogP contribution is 2.18. The van der Waals surface area contributed by atoms with Gasteiger partial charge in [0.15, 0.2) is 0 Å². The second-order valence-electron chi connectivity index (χ2n) is 5.68. The zero-order valence-corrected chi connectivity index (χ0v) is 11.9. The molecule has 1 unspecified atom stereocenters. The summed E-state index contributed by atoms with van der Waals surface area (Å²) in [5.74, 6) is 0.632. The lowest BCUT2D eigenvalue weighted by Crippen LogP contribution is -2.36. The molecule has 0 aliphatic carbocycles. The fraction of sp³-hybridized carbons (Fsp3) is 0.562. The van der Waals surface area contributed by atoms with Gasteiger partial charge in [-0.25, -0.2) is 0 Å². The number of carbonyl (C=O) groups excluding carboxylic acids is 1. The third kappa shape index (κ3) is 4.35. The van der Waals surface area contributed by atoms with Gasteiger partial charge in [0.1, 0.15) is 0 Å². The standard InChI is InChI=1S/C16H24N2O/c1-12(2)13-6-8-14(9-7-13)18-16(19)11-15-5-3-4-10-17-15/h6-9,12,15,17H,3-5,10-11H2,1-2H3,(H,18,19). The van der Waals surface area contributed by atoms with Crippen molar-refractivity contribution in [2.24, 2.45) is 0 Å². The maximum atomic E-state index is 11.9. The van der Waals surface area contributed by atoms with Crippen molar-refractivity contribution in [1.29, 1.82) is 0 Å². The molecular weight excluding hydrogens is 236 g/mol. The molecule has 1 aliphatic rings. The Hall–Kier alpha value is -1.35. The van der Waals surface area contributed by atoms with Crippen LogP contribution in [0.2, 0.25) is 0 Å². The zero-order valence-electron chi connectivity index (χ0n) is 11.9. The molecule has 2 rings (SSSR count). The Morgan fingerprint density at radius 3 is 2.63 bits per heavy atom. The molecule has 1 amide bonds. The molecule has 104 valence electrons. The van der Waals surface area contributed by atoms with Crippen LogP contribution in [-0.4, -0.2) is 18.5 Å². The van der Waals surface area contributed by atoms with Crippen LogP contribution in [0.1, 0.15) is 51.0 Å². The van der Waals surface area contributed by atoms with E-state index < -0.39 is 0 Å². The van der Waals surface area contributed by atoms with Gasteiger partial charge in [-0.15, -0.1) is 0 Å². The van der Waals surface area contributed by atoms with Crippen LogP contribution in [0.5, 0.6) is 0 Å². The second-order valence-corrected chi connectivity index (χ2v) is 5.68. The first kappa shape index (κ1) is 14.1. The highest BCUT2D eigenvalue weighted by molar-refractivity contribution is 5.91. The highest BCUT2D eigenvalue weighted by atomic mass is 16.1. The molecule has 0 bridgehead atoms. The van der Waals surface area contributed by atoms with E-state index in [1.807, 2.05) is 12.1 Å². The Labute approximate surface area is 115 Å². The number of hydrogen-bond donors (Lipinski definition) is 2. The van der Waals surface area contributed by atoms with Gasteiger partial charge in [-0.1, -0.05) is 32.4 Å². The summed E-state index contributed by atoms with van der Waals surface area (Å²) in [5, 5.41) is 6.38. The Morgan fingerprint density at radius 1 is 1.32 bits per heavy atom. The summed E-state index contributed by atoms with van der Waals surface area (Å²) in [4.78, 5) is 11.9. The molecule has 19 heavy (non-hydrogen) atoms. The fourth-order valence-corrected chi connectivity index (χ4v) is 2.49. The summed E-state index contributed by atoms with van der Waals surface area (Å²) < 4.78 is 0. The highest BCUT2D eigenvalue weighted by Gasteiger charge is 2.16. The summed E-state index contributed by atoms with van der Waals surface area (Å²) in [7, 11) is 0. The fourth-order valence-electron chi connectivity index (χ4n) is 2.49. The van der Waals surface area contributed by atoms with Gasteiger partial charge in [0.2, 0.25) is 5.91 Å². The smallest absolute Gasteiger partial charge is 0.225 e. The minimum Gasteiger partial charge on any atom is -0.326 e. The van der Waals surface area contributed by atoms with Crippen LogP contribution in [0.4, 0.5) is 5.69 Å². The SMILES string of the molecule is CC(C)c1ccc(NC(=O)CC2CCCCN2)cc1. The summed E-state index contributed by atoms with van der Waals surface area (Å²) in [6.45, 7) is 5.38. The van der Waals surface area contributed by atoms with Gasteiger partial charge in [-0.2, -0.15) is 0 Å². The van der Waals surface area contributed by atoms with Crippen molar-refractivity contribution >= 4 is 11.6 Å². The first-order valence-corrected chi connectivity index (χ1v) is 7.28. The molecule has 0 saturated carbocycles. The second kappa shape index (κ2) is 6.71. The van der Waals surface area contributed by atoms with Gasteiger partial charge in [0.25, 0.3) is 0 Å². The quantitative estimate of drug-likeness (QED) is 0.872. The number of benzene rings is 1. The van der Waals surface area contributed by atoms with Crippen LogP contribution in [0.15, 0.2) is 24.3 Å². The third-order valence-electron chi connectivity index (χ3n) is 3.71. The van der Waals surface area contributed by atoms with Crippen molar-refractivity contribution in [1.82, 2.24) is 5.32 Å². The topological polar surface area (TPSA) is 41.1 Å². The number of carbonyl (C=O) groups is 1. The lowest BCUT2D eigenvalue weighted by molar-refractivity contribution is -0.116. The molecule has 0 aromatic heterocycles. The molecule has 1 aromatic carbocycles. The number of nitrogens with one attached hydrogen (secondary N) is 2. The van der Waals surface area contributed by atoms with Crippen molar-refractivity contribution in [2.75, 3.05) is 11.9 Å². The van der Waals surface area contributed by atoms with Gasteiger partial charge in [0, 0.05) is 18.2 Å². The minimum absolute atomic E-state index is 0.108. The summed E-state index contributed by atoms with van der Waals surface area (Å²) in [5.41, 5.74) is 2.19. The van der Waals surface area contributed by atoms with Crippen molar-refractivity contribution in [3.8, 4) is 0 Å². The normalized spacial score (nSPS) is 19.4. The van der Waals surface area contributed by atoms with Gasteiger partial charge in [-0.3, -0.25) is 4.79 Å². The maximum Gasteiger partial charge on any atom is 0.225 e. The largest absolute Gasteiger partial charge is 0.326 e. The molecule has 3 heteroatoms. The van der Waals surface area contributed by atoms with E-state index in [-0.39, 0.29) is 5.91 Å². The zero-order chi connectivity index (χ0) is 13.7. The average molecular weight is 260 g/mol. The van der Waals surface area contributed by atoms with Gasteiger partial charge in [0.05, 0.1) is 0 Å². The van der Waals surface area contributed by atoms with E-state index in [9.17, 15) is 4.79 Å². The lowest BCUT2D eigenvalue weighted by atomic mass is 10.0. The van der Waals surface area contributed by atoms with Crippen LogP contribution >= 0.6 is 0 Å². The Kier molecular flexibility index (Phi) is 4.97. The minimum atomic E-state index is 0.108. The predicted octanol–water partition coefficient (Wildman–Crippen LogP) is 3.28. The Morgan fingerprint density at radius 2 is 2.05 bits per heavy atom. The number of amides is 1. The van der Waals surface area contributed by atoms with E-state index in [0.29, 0.717) is 18.4 Å². The molecule has 0 spiro atoms. The molecule has 1 aromatic rings. The van der Waals surface area contributed by atoms with Gasteiger partial charge < -0.3 is 10.6 Å². The van der Waals surface area contributed by atoms with Crippen LogP contribution in [0, 0.1) is 0 Å². The first-order chi connectivity index (χ1) is 9.15. The van der Waals surface area contributed by atoms with Crippen LogP contribution in [0.25, 0.3) is 0 Å². The van der Waals surface area contributed by atoms with Crippen LogP contribution < -0.4 is 10.6 Å². The Balaban J connectivity index is 1.84. The van der Waals surface area contributed by atoms with Crippen LogP contribution in [0.3, 0.4) is 0 Å². The lowest BCUT2D eigenvalue weighted by Gasteiger charge is -2.22. The molecule has 3 nitrogen and oxygen atoms in total. The van der Waals surface area contributed by atoms with E-state index in [4.69, 9.17) is 0 Å². The molecular formula is C16H24N2O. The number of anilines is 1. The number of rotatable bonds is 4. The van der Waals surface area contributed by atoms with Crippen molar-refractivity contribution in [3.63, 3.8) is 0 Å². The molecule has 1 atom stereocenters. The summed E-state index contributed by atoms with van der Waals surface area (Å²) in [6.07, 6.45) is 4.15. The molecule has 1 aliphatic heterocycles. The summed E-state index contributed by atoms with van der Waals surface area (Å²) in [6, 6.07) is 8.49. The first-order valence-electron chi connectivity index (χ1n) is 7.28. The van der Waals surface area contributed by atoms with E-state index >= 15 is 0 Å². The molecule has 0 radical (unpaired) electrons. The van der Waals surface area contributed by atoms with E-state index in [2.05, 4.69) is 36.6 Å². The van der Waals surface area contributed by atoms with Gasteiger partial charge in [-0.05, 0) is 43.0 Å². The molecule has 1 saturated heterocycles. The van der Waals surface area contributed by atoms with Crippen LogP contribution in [-0.2, 0) is 4.79 Å². The molecule has 1 heterocycles. The van der Waals surface area contributed by atoms with Crippen molar-refractivity contribution in [2.45, 2.75) is 51.5 Å². The Bertz CT molecular complexity index is 405. The van der Waals surface area contributed by atoms with Crippen molar-refractivity contribution < 1.29 is 4.79 Å². The predicted molar refractivity (Wildman–Crippen MR) is 79.4 cm³/mol. The van der Waals surface area contributed by atoms with E-state index in [1.54, 1.807) is 0 Å². The van der Waals surface area contributed by atoms with E-state index in [0.717, 1.165) is 18.7 Å². The summed E-state index contributed by atoms with van der Waals surface area (Å²) >= 11 is 0. The van der Waals surface area contributed by atoms with Crippen molar-refractivity contribution in [3.05, 3.63) is 29.8 Å².